The van der Waals surface area contributed by atoms with E-state index in [0.717, 1.165) is 18.3 Å². The van der Waals surface area contributed by atoms with E-state index < -0.39 is 5.60 Å². The summed E-state index contributed by atoms with van der Waals surface area (Å²) in [5.74, 6) is 0. The molecule has 0 saturated heterocycles. The molecule has 0 bridgehead atoms. The number of carbonyl (C=O) groups is 1. The van der Waals surface area contributed by atoms with Crippen LogP contribution in [0, 0.1) is 0 Å². The smallest absolute Gasteiger partial charge is 0.410 e. The lowest BCUT2D eigenvalue weighted by Gasteiger charge is -2.24. The van der Waals surface area contributed by atoms with Gasteiger partial charge in [0.2, 0.25) is 0 Å². The van der Waals surface area contributed by atoms with Crippen LogP contribution in [-0.2, 0) is 4.74 Å². The van der Waals surface area contributed by atoms with Gasteiger partial charge in [-0.2, -0.15) is 0 Å². The zero-order chi connectivity index (χ0) is 10.5. The minimum absolute atomic E-state index is 0.256. The summed E-state index contributed by atoms with van der Waals surface area (Å²) in [6.07, 6.45) is 0.684. The van der Waals surface area contributed by atoms with E-state index in [1.54, 1.807) is 11.9 Å². The standard InChI is InChI=1S/C9H18BrNO2/c1-9(2,3)13-8(12)11(4)7-5-6-10/h5-7H2,1-4H3. The molecule has 0 aromatic rings. The normalized spacial score (nSPS) is 11.2. The molecule has 0 aliphatic heterocycles. The molecule has 0 unspecified atom stereocenters. The van der Waals surface area contributed by atoms with Gasteiger partial charge in [-0.25, -0.2) is 4.79 Å². The molecule has 1 amide bonds. The molecule has 0 fully saturated rings. The van der Waals surface area contributed by atoms with E-state index in [0.29, 0.717) is 0 Å². The van der Waals surface area contributed by atoms with E-state index in [2.05, 4.69) is 15.9 Å². The summed E-state index contributed by atoms with van der Waals surface area (Å²) >= 11 is 3.31. The highest BCUT2D eigenvalue weighted by Gasteiger charge is 2.18. The molecule has 0 spiro atoms. The van der Waals surface area contributed by atoms with Crippen LogP contribution in [0.2, 0.25) is 0 Å². The Bertz CT molecular complexity index is 165. The van der Waals surface area contributed by atoms with Crippen molar-refractivity contribution in [3.05, 3.63) is 0 Å². The highest BCUT2D eigenvalue weighted by molar-refractivity contribution is 9.09. The lowest BCUT2D eigenvalue weighted by atomic mass is 10.2. The minimum Gasteiger partial charge on any atom is -0.444 e. The number of hydrogen-bond donors (Lipinski definition) is 0. The number of halogens is 1. The second-order valence-electron chi connectivity index (χ2n) is 3.94. The first kappa shape index (κ1) is 12.8. The second-order valence-corrected chi connectivity index (χ2v) is 4.74. The molecule has 0 saturated carbocycles. The van der Waals surface area contributed by atoms with Gasteiger partial charge >= 0.3 is 6.09 Å². The van der Waals surface area contributed by atoms with Crippen molar-refractivity contribution in [3.63, 3.8) is 0 Å². The van der Waals surface area contributed by atoms with Gasteiger partial charge in [0.15, 0.2) is 0 Å². The van der Waals surface area contributed by atoms with Crippen molar-refractivity contribution in [2.45, 2.75) is 32.8 Å². The maximum atomic E-state index is 11.4. The molecule has 3 nitrogen and oxygen atoms in total. The molecule has 0 aromatic carbocycles. The van der Waals surface area contributed by atoms with Crippen molar-refractivity contribution < 1.29 is 9.53 Å². The van der Waals surface area contributed by atoms with Gasteiger partial charge in [-0.1, -0.05) is 15.9 Å². The van der Waals surface area contributed by atoms with E-state index in [4.69, 9.17) is 4.74 Å². The predicted octanol–water partition coefficient (Wildman–Crippen LogP) is 2.64. The molecule has 13 heavy (non-hydrogen) atoms. The molecule has 0 radical (unpaired) electrons. The average Bonchev–Trinajstić information content (AvgIpc) is 1.96. The number of hydrogen-bond acceptors (Lipinski definition) is 2. The number of alkyl halides is 1. The van der Waals surface area contributed by atoms with Crippen LogP contribution in [0.3, 0.4) is 0 Å². The summed E-state index contributed by atoms with van der Waals surface area (Å²) < 4.78 is 5.17. The van der Waals surface area contributed by atoms with Gasteiger partial charge in [-0.05, 0) is 27.2 Å². The maximum Gasteiger partial charge on any atom is 0.410 e. The van der Waals surface area contributed by atoms with Gasteiger partial charge < -0.3 is 9.64 Å². The molecule has 0 N–H and O–H groups in total. The topological polar surface area (TPSA) is 29.5 Å². The van der Waals surface area contributed by atoms with Crippen molar-refractivity contribution in [3.8, 4) is 0 Å². The molecule has 0 rings (SSSR count). The van der Waals surface area contributed by atoms with Gasteiger partial charge in [-0.15, -0.1) is 0 Å². The van der Waals surface area contributed by atoms with Crippen LogP contribution < -0.4 is 0 Å². The Hall–Kier alpha value is -0.250. The number of carbonyl (C=O) groups excluding carboxylic acids is 1. The highest BCUT2D eigenvalue weighted by Crippen LogP contribution is 2.09. The molecule has 0 aliphatic rings. The fourth-order valence-corrected chi connectivity index (χ4v) is 0.979. The first-order chi connectivity index (χ1) is 5.87. The molecule has 0 aliphatic carbocycles. The number of ether oxygens (including phenoxy) is 1. The number of nitrogens with zero attached hydrogens (tertiary/aromatic N) is 1. The zero-order valence-corrected chi connectivity index (χ0v) is 10.3. The Morgan fingerprint density at radius 2 is 2.00 bits per heavy atom. The van der Waals surface area contributed by atoms with E-state index in [9.17, 15) is 4.79 Å². The quantitative estimate of drug-likeness (QED) is 0.722. The van der Waals surface area contributed by atoms with Gasteiger partial charge in [0.25, 0.3) is 0 Å². The van der Waals surface area contributed by atoms with Gasteiger partial charge in [0.1, 0.15) is 5.60 Å². The molecule has 0 atom stereocenters. The van der Waals surface area contributed by atoms with Crippen LogP contribution in [0.1, 0.15) is 27.2 Å². The first-order valence-electron chi connectivity index (χ1n) is 4.37. The zero-order valence-electron chi connectivity index (χ0n) is 8.76. The van der Waals surface area contributed by atoms with Gasteiger partial charge in [-0.3, -0.25) is 0 Å². The van der Waals surface area contributed by atoms with E-state index in [1.807, 2.05) is 20.8 Å². The van der Waals surface area contributed by atoms with Gasteiger partial charge in [0, 0.05) is 18.9 Å². The van der Waals surface area contributed by atoms with Crippen molar-refractivity contribution >= 4 is 22.0 Å². The fourth-order valence-electron chi connectivity index (χ4n) is 0.728. The minimum atomic E-state index is -0.403. The number of rotatable bonds is 3. The summed E-state index contributed by atoms with van der Waals surface area (Å²) in [6, 6.07) is 0. The predicted molar refractivity (Wildman–Crippen MR) is 57.3 cm³/mol. The molecular formula is C9H18BrNO2. The lowest BCUT2D eigenvalue weighted by molar-refractivity contribution is 0.0299. The first-order valence-corrected chi connectivity index (χ1v) is 5.49. The molecule has 0 heterocycles. The van der Waals surface area contributed by atoms with Crippen LogP contribution in [0.15, 0.2) is 0 Å². The summed E-state index contributed by atoms with van der Waals surface area (Å²) in [5.41, 5.74) is -0.403. The summed E-state index contributed by atoms with van der Waals surface area (Å²) in [6.45, 7) is 6.32. The monoisotopic (exact) mass is 251 g/mol. The van der Waals surface area contributed by atoms with Crippen LogP contribution in [0.5, 0.6) is 0 Å². The Labute approximate surface area is 88.6 Å². The van der Waals surface area contributed by atoms with Crippen LogP contribution in [0.4, 0.5) is 4.79 Å². The second kappa shape index (κ2) is 5.47. The SMILES string of the molecule is CN(CCCBr)C(=O)OC(C)(C)C. The van der Waals surface area contributed by atoms with Crippen molar-refractivity contribution in [2.75, 3.05) is 18.9 Å². The highest BCUT2D eigenvalue weighted by atomic mass is 79.9. The Kier molecular flexibility index (Phi) is 5.37. The van der Waals surface area contributed by atoms with Crippen LogP contribution in [0.25, 0.3) is 0 Å². The van der Waals surface area contributed by atoms with Gasteiger partial charge in [0.05, 0.1) is 0 Å². The van der Waals surface area contributed by atoms with Crippen molar-refractivity contribution in [1.82, 2.24) is 4.90 Å². The van der Waals surface area contributed by atoms with E-state index >= 15 is 0 Å². The molecule has 78 valence electrons. The van der Waals surface area contributed by atoms with E-state index in [-0.39, 0.29) is 6.09 Å². The van der Waals surface area contributed by atoms with E-state index in [1.165, 1.54) is 0 Å². The third-order valence-electron chi connectivity index (χ3n) is 1.33. The fraction of sp³-hybridized carbons (Fsp3) is 0.889. The maximum absolute atomic E-state index is 11.4. The van der Waals surface area contributed by atoms with Crippen molar-refractivity contribution in [1.29, 1.82) is 0 Å². The Morgan fingerprint density at radius 1 is 1.46 bits per heavy atom. The van der Waals surface area contributed by atoms with Crippen LogP contribution >= 0.6 is 15.9 Å². The third-order valence-corrected chi connectivity index (χ3v) is 1.89. The number of amides is 1. The molecule has 4 heteroatoms. The summed E-state index contributed by atoms with van der Waals surface area (Å²) in [7, 11) is 1.75. The van der Waals surface area contributed by atoms with Crippen LogP contribution in [-0.4, -0.2) is 35.5 Å². The Morgan fingerprint density at radius 3 is 2.38 bits per heavy atom. The average molecular weight is 252 g/mol. The third kappa shape index (κ3) is 6.87. The van der Waals surface area contributed by atoms with Crippen molar-refractivity contribution in [2.24, 2.45) is 0 Å². The largest absolute Gasteiger partial charge is 0.444 e. The lowest BCUT2D eigenvalue weighted by Crippen LogP contribution is -2.34. The Balaban J connectivity index is 3.83. The molecular weight excluding hydrogens is 234 g/mol. The summed E-state index contributed by atoms with van der Waals surface area (Å²) in [5, 5.41) is 0.903. The molecule has 0 aromatic heterocycles. The summed E-state index contributed by atoms with van der Waals surface area (Å²) in [4.78, 5) is 12.9.